The van der Waals surface area contributed by atoms with E-state index in [0.717, 1.165) is 23.8 Å². The maximum absolute atomic E-state index is 12.2. The fourth-order valence-corrected chi connectivity index (χ4v) is 4.66. The lowest BCUT2D eigenvalue weighted by Gasteiger charge is -2.38. The second-order valence-corrected chi connectivity index (χ2v) is 7.88. The Labute approximate surface area is 158 Å². The summed E-state index contributed by atoms with van der Waals surface area (Å²) in [5, 5.41) is 5.42. The molecule has 2 heterocycles. The van der Waals surface area contributed by atoms with Crippen LogP contribution in [-0.4, -0.2) is 28.3 Å². The molecule has 0 radical (unpaired) electrons. The first-order chi connectivity index (χ1) is 13.1. The van der Waals surface area contributed by atoms with E-state index in [1.54, 1.807) is 12.4 Å². The van der Waals surface area contributed by atoms with Gasteiger partial charge in [-0.25, -0.2) is 0 Å². The Morgan fingerprint density at radius 1 is 1.26 bits per heavy atom. The van der Waals surface area contributed by atoms with Gasteiger partial charge in [0.2, 0.25) is 0 Å². The van der Waals surface area contributed by atoms with Crippen molar-refractivity contribution in [3.63, 3.8) is 0 Å². The highest BCUT2D eigenvalue weighted by Crippen LogP contribution is 2.42. The first-order valence-electron chi connectivity index (χ1n) is 9.83. The minimum atomic E-state index is -0.663. The second kappa shape index (κ2) is 7.55. The van der Waals surface area contributed by atoms with Crippen molar-refractivity contribution in [1.82, 2.24) is 15.3 Å². The van der Waals surface area contributed by atoms with Crippen LogP contribution in [0.5, 0.6) is 0 Å². The summed E-state index contributed by atoms with van der Waals surface area (Å²) in [5.74, 6) is 0.946. The average molecular weight is 366 g/mol. The number of nitrogens with zero attached hydrogens (tertiary/aromatic N) is 1. The first kappa shape index (κ1) is 17.8. The standard InChI is InChI=1S/C21H26N4O2/c1-2-13-6-14-8-15(7-13)10-16(9-14)11-24-20(26)21(27)25-18-12-23-17-4-3-5-22-19(17)18/h3-5,9,12-15,23H,2,6-8,10-11H2,1H3,(H,24,26)(H,25,27). The molecule has 0 aliphatic heterocycles. The Hall–Kier alpha value is -2.63. The van der Waals surface area contributed by atoms with E-state index in [-0.39, 0.29) is 0 Å². The maximum atomic E-state index is 12.2. The van der Waals surface area contributed by atoms with Crippen LogP contribution in [0.2, 0.25) is 0 Å². The van der Waals surface area contributed by atoms with Crippen molar-refractivity contribution >= 4 is 28.5 Å². The highest BCUT2D eigenvalue weighted by Gasteiger charge is 2.31. The van der Waals surface area contributed by atoms with Gasteiger partial charge < -0.3 is 15.6 Å². The molecule has 3 atom stereocenters. The van der Waals surface area contributed by atoms with Crippen LogP contribution in [0, 0.1) is 17.8 Å². The Morgan fingerprint density at radius 2 is 2.15 bits per heavy atom. The second-order valence-electron chi connectivity index (χ2n) is 7.88. The van der Waals surface area contributed by atoms with Gasteiger partial charge in [0.15, 0.2) is 0 Å². The molecule has 4 rings (SSSR count). The lowest BCUT2D eigenvalue weighted by Crippen LogP contribution is -2.37. The largest absolute Gasteiger partial charge is 0.358 e. The van der Waals surface area contributed by atoms with Gasteiger partial charge in [-0.05, 0) is 55.6 Å². The summed E-state index contributed by atoms with van der Waals surface area (Å²) in [6.07, 6.45) is 11.8. The lowest BCUT2D eigenvalue weighted by molar-refractivity contribution is -0.136. The van der Waals surface area contributed by atoms with Crippen LogP contribution >= 0.6 is 0 Å². The van der Waals surface area contributed by atoms with E-state index in [1.165, 1.54) is 31.3 Å². The molecule has 0 spiro atoms. The highest BCUT2D eigenvalue weighted by molar-refractivity contribution is 6.40. The van der Waals surface area contributed by atoms with E-state index in [4.69, 9.17) is 0 Å². The van der Waals surface area contributed by atoms with Crippen molar-refractivity contribution < 1.29 is 9.59 Å². The van der Waals surface area contributed by atoms with E-state index in [9.17, 15) is 9.59 Å². The fraction of sp³-hybridized carbons (Fsp3) is 0.476. The number of fused-ring (bicyclic) bond motifs is 3. The maximum Gasteiger partial charge on any atom is 0.313 e. The van der Waals surface area contributed by atoms with Crippen LogP contribution in [0.15, 0.2) is 36.2 Å². The predicted molar refractivity (Wildman–Crippen MR) is 105 cm³/mol. The molecule has 6 nitrogen and oxygen atoms in total. The molecule has 2 aromatic heterocycles. The molecule has 2 aliphatic carbocycles. The first-order valence-corrected chi connectivity index (χ1v) is 9.83. The molecule has 0 saturated heterocycles. The van der Waals surface area contributed by atoms with Gasteiger partial charge in [0.25, 0.3) is 0 Å². The number of carbonyl (C=O) groups is 2. The molecule has 3 N–H and O–H groups in total. The average Bonchev–Trinajstić information content (AvgIpc) is 3.08. The SMILES string of the molecule is CCC1CC2C=C(CNC(=O)C(=O)Nc3c[nH]c4cccnc34)CC(C2)C1. The number of hydrogen-bond acceptors (Lipinski definition) is 3. The third-order valence-electron chi connectivity index (χ3n) is 5.90. The van der Waals surface area contributed by atoms with E-state index >= 15 is 0 Å². The van der Waals surface area contributed by atoms with E-state index < -0.39 is 11.8 Å². The summed E-state index contributed by atoms with van der Waals surface area (Å²) in [5.41, 5.74) is 3.24. The Morgan fingerprint density at radius 3 is 2.96 bits per heavy atom. The van der Waals surface area contributed by atoms with Crippen molar-refractivity contribution in [2.24, 2.45) is 17.8 Å². The minimum Gasteiger partial charge on any atom is -0.358 e. The molecule has 2 bridgehead atoms. The molecule has 27 heavy (non-hydrogen) atoms. The number of hydrogen-bond donors (Lipinski definition) is 3. The smallest absolute Gasteiger partial charge is 0.313 e. The number of anilines is 1. The zero-order chi connectivity index (χ0) is 18.8. The van der Waals surface area contributed by atoms with Gasteiger partial charge in [0.1, 0.15) is 5.52 Å². The van der Waals surface area contributed by atoms with Crippen LogP contribution < -0.4 is 10.6 Å². The van der Waals surface area contributed by atoms with Gasteiger partial charge in [-0.3, -0.25) is 14.6 Å². The number of aromatic nitrogens is 2. The minimum absolute atomic E-state index is 0.460. The highest BCUT2D eigenvalue weighted by atomic mass is 16.2. The van der Waals surface area contributed by atoms with Crippen LogP contribution in [-0.2, 0) is 9.59 Å². The molecule has 142 valence electrons. The number of nitrogens with one attached hydrogen (secondary N) is 3. The molecule has 1 fully saturated rings. The molecular weight excluding hydrogens is 340 g/mol. The molecular formula is C21H26N4O2. The zero-order valence-corrected chi connectivity index (χ0v) is 15.6. The summed E-state index contributed by atoms with van der Waals surface area (Å²) in [6, 6.07) is 3.68. The van der Waals surface area contributed by atoms with Gasteiger partial charge in [0.05, 0.1) is 11.2 Å². The van der Waals surface area contributed by atoms with Crippen molar-refractivity contribution in [3.05, 3.63) is 36.2 Å². The lowest BCUT2D eigenvalue weighted by atomic mass is 9.68. The molecule has 2 aliphatic rings. The quantitative estimate of drug-likeness (QED) is 0.572. The summed E-state index contributed by atoms with van der Waals surface area (Å²) >= 11 is 0. The fourth-order valence-electron chi connectivity index (χ4n) is 4.66. The molecule has 1 saturated carbocycles. The van der Waals surface area contributed by atoms with Gasteiger partial charge in [0, 0.05) is 18.9 Å². The zero-order valence-electron chi connectivity index (χ0n) is 15.6. The molecule has 6 heteroatoms. The van der Waals surface area contributed by atoms with Crippen molar-refractivity contribution in [2.75, 3.05) is 11.9 Å². The van der Waals surface area contributed by atoms with Crippen LogP contribution in [0.1, 0.15) is 39.0 Å². The predicted octanol–water partition coefficient (Wildman–Crippen LogP) is 3.39. The van der Waals surface area contributed by atoms with Crippen molar-refractivity contribution in [1.29, 1.82) is 0 Å². The van der Waals surface area contributed by atoms with Crippen LogP contribution in [0.3, 0.4) is 0 Å². The van der Waals surface area contributed by atoms with Crippen molar-refractivity contribution in [3.8, 4) is 0 Å². The topological polar surface area (TPSA) is 86.9 Å². The van der Waals surface area contributed by atoms with Gasteiger partial charge >= 0.3 is 11.8 Å². The number of pyridine rings is 1. The Balaban J connectivity index is 1.33. The Kier molecular flexibility index (Phi) is 4.97. The molecule has 2 aromatic rings. The number of H-pyrrole nitrogens is 1. The van der Waals surface area contributed by atoms with Gasteiger partial charge in [-0.1, -0.05) is 25.0 Å². The third kappa shape index (κ3) is 3.89. The molecule has 2 amide bonds. The van der Waals surface area contributed by atoms with E-state index in [2.05, 4.69) is 33.6 Å². The van der Waals surface area contributed by atoms with Crippen molar-refractivity contribution in [2.45, 2.75) is 39.0 Å². The molecule has 3 unspecified atom stereocenters. The van der Waals surface area contributed by atoms with Gasteiger partial charge in [-0.2, -0.15) is 0 Å². The summed E-state index contributed by atoms with van der Waals surface area (Å²) in [7, 11) is 0. The van der Waals surface area contributed by atoms with Crippen LogP contribution in [0.4, 0.5) is 5.69 Å². The number of aromatic amines is 1. The van der Waals surface area contributed by atoms with Gasteiger partial charge in [-0.15, -0.1) is 0 Å². The third-order valence-corrected chi connectivity index (χ3v) is 5.90. The van der Waals surface area contributed by atoms with Crippen LogP contribution in [0.25, 0.3) is 11.0 Å². The van der Waals surface area contributed by atoms with E-state index in [1.807, 2.05) is 12.1 Å². The number of rotatable bonds is 4. The molecule has 0 aromatic carbocycles. The summed E-state index contributed by atoms with van der Waals surface area (Å²) in [4.78, 5) is 31.7. The van der Waals surface area contributed by atoms with E-state index in [0.29, 0.717) is 23.7 Å². The summed E-state index contributed by atoms with van der Waals surface area (Å²) < 4.78 is 0. The number of carbonyl (C=O) groups excluding carboxylic acids is 2. The summed E-state index contributed by atoms with van der Waals surface area (Å²) in [6.45, 7) is 2.74. The number of amides is 2. The normalized spacial score (nSPS) is 24.3. The Bertz CT molecular complexity index is 885. The number of allylic oxidation sites excluding steroid dienone is 1. The monoisotopic (exact) mass is 366 g/mol.